The lowest BCUT2D eigenvalue weighted by atomic mass is 9.75. The highest BCUT2D eigenvalue weighted by Gasteiger charge is 2.46. The molecule has 5 rings (SSSR count). The third-order valence-corrected chi connectivity index (χ3v) is 6.59. The van der Waals surface area contributed by atoms with Crippen molar-refractivity contribution in [3.8, 4) is 5.75 Å². The summed E-state index contributed by atoms with van der Waals surface area (Å²) in [5, 5.41) is 21.1. The molecule has 0 radical (unpaired) electrons. The molecule has 0 spiro atoms. The van der Waals surface area contributed by atoms with Crippen LogP contribution in [0, 0.1) is 5.41 Å². The zero-order chi connectivity index (χ0) is 25.8. The molecule has 6 nitrogen and oxygen atoms in total. The van der Waals surface area contributed by atoms with Crippen molar-refractivity contribution in [3.63, 3.8) is 0 Å². The molecule has 0 bridgehead atoms. The van der Waals surface area contributed by atoms with Crippen molar-refractivity contribution in [2.45, 2.75) is 19.9 Å². The van der Waals surface area contributed by atoms with E-state index in [1.165, 1.54) is 11.6 Å². The molecule has 1 atom stereocenters. The number of amides is 1. The average Bonchev–Trinajstić information content (AvgIpc) is 3.21. The Morgan fingerprint density at radius 1 is 0.892 bits per heavy atom. The number of carbonyl (C=O) groups is 1. The number of rotatable bonds is 6. The topological polar surface area (TPSA) is 77.3 Å². The SMILES string of the molecule is CC1(C)C(c2ccccc2)=NN(c2ccc(/C=N\NC(=O)c3ccccc3O)cc2)[C@H]1c1ccccc1. The van der Waals surface area contributed by atoms with Crippen LogP contribution in [0.1, 0.15) is 46.9 Å². The van der Waals surface area contributed by atoms with Crippen LogP contribution in [0.25, 0.3) is 0 Å². The first-order valence-corrected chi connectivity index (χ1v) is 12.2. The van der Waals surface area contributed by atoms with E-state index in [9.17, 15) is 9.90 Å². The average molecular weight is 489 g/mol. The lowest BCUT2D eigenvalue weighted by molar-refractivity contribution is 0.0952. The van der Waals surface area contributed by atoms with Crippen molar-refractivity contribution in [1.29, 1.82) is 0 Å². The molecule has 37 heavy (non-hydrogen) atoms. The molecule has 1 amide bonds. The number of hydrogen-bond donors (Lipinski definition) is 2. The maximum atomic E-state index is 12.3. The van der Waals surface area contributed by atoms with Gasteiger partial charge in [-0.3, -0.25) is 9.80 Å². The maximum absolute atomic E-state index is 12.3. The van der Waals surface area contributed by atoms with Crippen LogP contribution in [0.3, 0.4) is 0 Å². The first kappa shape index (κ1) is 24.0. The molecule has 4 aromatic rings. The van der Waals surface area contributed by atoms with Crippen LogP contribution in [0.4, 0.5) is 5.69 Å². The van der Waals surface area contributed by atoms with Gasteiger partial charge in [-0.1, -0.05) is 98.8 Å². The van der Waals surface area contributed by atoms with Crippen molar-refractivity contribution < 1.29 is 9.90 Å². The predicted octanol–water partition coefficient (Wildman–Crippen LogP) is 6.15. The fourth-order valence-corrected chi connectivity index (χ4v) is 4.76. The fourth-order valence-electron chi connectivity index (χ4n) is 4.76. The number of benzene rings is 4. The van der Waals surface area contributed by atoms with Crippen molar-refractivity contribution in [2.75, 3.05) is 5.01 Å². The summed E-state index contributed by atoms with van der Waals surface area (Å²) in [4.78, 5) is 12.3. The van der Waals surface area contributed by atoms with Crippen LogP contribution in [-0.4, -0.2) is 22.9 Å². The van der Waals surface area contributed by atoms with Crippen molar-refractivity contribution in [3.05, 3.63) is 131 Å². The van der Waals surface area contributed by atoms with Gasteiger partial charge in [-0.25, -0.2) is 5.43 Å². The van der Waals surface area contributed by atoms with Gasteiger partial charge in [0.15, 0.2) is 0 Å². The molecule has 1 aliphatic heterocycles. The van der Waals surface area contributed by atoms with E-state index >= 15 is 0 Å². The van der Waals surface area contributed by atoms with Gasteiger partial charge in [0, 0.05) is 5.41 Å². The van der Waals surface area contributed by atoms with Gasteiger partial charge in [-0.2, -0.15) is 10.2 Å². The predicted molar refractivity (Wildman–Crippen MR) is 148 cm³/mol. The monoisotopic (exact) mass is 488 g/mol. The van der Waals surface area contributed by atoms with E-state index in [2.05, 4.69) is 65.8 Å². The lowest BCUT2D eigenvalue weighted by Gasteiger charge is -2.33. The minimum Gasteiger partial charge on any atom is -0.507 e. The quantitative estimate of drug-likeness (QED) is 0.253. The zero-order valence-corrected chi connectivity index (χ0v) is 20.7. The highest BCUT2D eigenvalue weighted by atomic mass is 16.3. The molecule has 0 unspecified atom stereocenters. The van der Waals surface area contributed by atoms with Gasteiger partial charge in [-0.05, 0) is 41.0 Å². The summed E-state index contributed by atoms with van der Waals surface area (Å²) < 4.78 is 0. The maximum Gasteiger partial charge on any atom is 0.275 e. The third-order valence-electron chi connectivity index (χ3n) is 6.59. The number of anilines is 1. The number of phenols is 1. The lowest BCUT2D eigenvalue weighted by Crippen LogP contribution is -2.32. The van der Waals surface area contributed by atoms with Crippen molar-refractivity contribution in [2.24, 2.45) is 15.6 Å². The van der Waals surface area contributed by atoms with E-state index in [0.717, 1.165) is 22.5 Å². The number of para-hydroxylation sites is 1. The van der Waals surface area contributed by atoms with Gasteiger partial charge >= 0.3 is 0 Å². The Kier molecular flexibility index (Phi) is 6.56. The van der Waals surface area contributed by atoms with E-state index in [-0.39, 0.29) is 22.8 Å². The number of aromatic hydroxyl groups is 1. The number of nitrogens with one attached hydrogen (secondary N) is 1. The van der Waals surface area contributed by atoms with Crippen LogP contribution in [0.5, 0.6) is 5.75 Å². The van der Waals surface area contributed by atoms with E-state index in [1.54, 1.807) is 24.4 Å². The minimum atomic E-state index is -0.473. The summed E-state index contributed by atoms with van der Waals surface area (Å²) in [6.07, 6.45) is 1.57. The van der Waals surface area contributed by atoms with Gasteiger partial charge in [0.05, 0.1) is 29.2 Å². The van der Waals surface area contributed by atoms with Crippen LogP contribution in [-0.2, 0) is 0 Å². The number of hydrogen-bond acceptors (Lipinski definition) is 5. The van der Waals surface area contributed by atoms with E-state index in [1.807, 2.05) is 48.5 Å². The van der Waals surface area contributed by atoms with Gasteiger partial charge in [0.2, 0.25) is 0 Å². The van der Waals surface area contributed by atoms with Crippen LogP contribution < -0.4 is 10.4 Å². The molecule has 0 saturated heterocycles. The summed E-state index contributed by atoms with van der Waals surface area (Å²) in [5.74, 6) is -0.560. The van der Waals surface area contributed by atoms with Gasteiger partial charge in [-0.15, -0.1) is 0 Å². The number of hydrazone groups is 2. The molecule has 2 N–H and O–H groups in total. The number of nitrogens with zero attached hydrogens (tertiary/aromatic N) is 3. The second-order valence-electron chi connectivity index (χ2n) is 9.50. The molecule has 0 saturated carbocycles. The molecule has 0 aliphatic carbocycles. The summed E-state index contributed by atoms with van der Waals surface area (Å²) in [6.45, 7) is 4.48. The summed E-state index contributed by atoms with van der Waals surface area (Å²) in [7, 11) is 0. The molecular weight excluding hydrogens is 460 g/mol. The van der Waals surface area contributed by atoms with Crippen LogP contribution in [0.2, 0.25) is 0 Å². The third kappa shape index (κ3) is 4.86. The Morgan fingerprint density at radius 3 is 2.19 bits per heavy atom. The zero-order valence-electron chi connectivity index (χ0n) is 20.7. The van der Waals surface area contributed by atoms with Crippen LogP contribution >= 0.6 is 0 Å². The second kappa shape index (κ2) is 10.1. The molecule has 184 valence electrons. The molecule has 1 aliphatic rings. The number of carbonyl (C=O) groups excluding carboxylic acids is 1. The summed E-state index contributed by atoms with van der Waals surface area (Å²) in [6, 6.07) is 35.0. The standard InChI is InChI=1S/C31H28N4O2/c1-31(2)28(23-11-5-3-6-12-23)34-35(29(31)24-13-7-4-8-14-24)25-19-17-22(18-20-25)21-32-33-30(37)26-15-9-10-16-27(26)36/h3-21,29,36H,1-2H3,(H,33,37)/b32-21-/t29-/m0/s1. The second-order valence-corrected chi connectivity index (χ2v) is 9.50. The van der Waals surface area contributed by atoms with Crippen molar-refractivity contribution >= 4 is 23.5 Å². The van der Waals surface area contributed by atoms with Crippen molar-refractivity contribution in [1.82, 2.24) is 5.43 Å². The highest BCUT2D eigenvalue weighted by molar-refractivity contribution is 6.07. The van der Waals surface area contributed by atoms with Gasteiger partial charge in [0.1, 0.15) is 5.75 Å². The Balaban J connectivity index is 1.40. The molecule has 6 heteroatoms. The molecular formula is C31H28N4O2. The Morgan fingerprint density at radius 2 is 1.51 bits per heavy atom. The molecule has 1 heterocycles. The van der Waals surface area contributed by atoms with E-state index in [0.29, 0.717) is 0 Å². The number of phenolic OH excluding ortho intramolecular Hbond substituents is 1. The molecule has 0 aromatic heterocycles. The Hall–Kier alpha value is -4.71. The van der Waals surface area contributed by atoms with Crippen LogP contribution in [0.15, 0.2) is 119 Å². The molecule has 0 fully saturated rings. The first-order valence-electron chi connectivity index (χ1n) is 12.2. The Bertz CT molecular complexity index is 1450. The van der Waals surface area contributed by atoms with Gasteiger partial charge < -0.3 is 5.11 Å². The van der Waals surface area contributed by atoms with Gasteiger partial charge in [0.25, 0.3) is 5.91 Å². The largest absolute Gasteiger partial charge is 0.507 e. The van der Waals surface area contributed by atoms with E-state index in [4.69, 9.17) is 5.10 Å². The smallest absolute Gasteiger partial charge is 0.275 e. The fraction of sp³-hybridized carbons (Fsp3) is 0.129. The normalized spacial score (nSPS) is 16.5. The minimum absolute atomic E-state index is 0.0151. The summed E-state index contributed by atoms with van der Waals surface area (Å²) >= 11 is 0. The molecule has 4 aromatic carbocycles. The first-order chi connectivity index (χ1) is 17.9. The Labute approximate surface area is 216 Å². The summed E-state index contributed by atoms with van der Waals surface area (Å²) in [5.41, 5.74) is 7.52. The highest BCUT2D eigenvalue weighted by Crippen LogP contribution is 2.48. The van der Waals surface area contributed by atoms with E-state index < -0.39 is 5.91 Å².